The van der Waals surface area contributed by atoms with Crippen LogP contribution >= 0.6 is 0 Å². The van der Waals surface area contributed by atoms with Crippen molar-refractivity contribution >= 4 is 11.6 Å². The smallest absolute Gasteiger partial charge is 0.376 e. The summed E-state index contributed by atoms with van der Waals surface area (Å²) in [6.45, 7) is 1.92. The van der Waals surface area contributed by atoms with Crippen molar-refractivity contribution in [2.24, 2.45) is 0 Å². The third-order valence-electron chi connectivity index (χ3n) is 1.82. The molecule has 0 radical (unpaired) electrons. The fourth-order valence-electron chi connectivity index (χ4n) is 1.20. The van der Waals surface area contributed by atoms with Gasteiger partial charge in [0.25, 0.3) is 0 Å². The van der Waals surface area contributed by atoms with Crippen LogP contribution in [0.3, 0.4) is 0 Å². The van der Waals surface area contributed by atoms with E-state index in [1.54, 1.807) is 6.92 Å². The summed E-state index contributed by atoms with van der Waals surface area (Å²) in [5, 5.41) is 7.34. The number of pyridine rings is 1. The van der Waals surface area contributed by atoms with Crippen LogP contribution in [0.25, 0.3) is 5.65 Å². The van der Waals surface area contributed by atoms with E-state index in [2.05, 4.69) is 10.2 Å². The van der Waals surface area contributed by atoms with Crippen LogP contribution in [0.4, 0.5) is 4.39 Å². The normalized spacial score (nSPS) is 10.5. The molecule has 0 aliphatic carbocycles. The molecule has 0 unspecified atom stereocenters. The molecule has 2 heterocycles. The van der Waals surface area contributed by atoms with E-state index < -0.39 is 11.8 Å². The summed E-state index contributed by atoms with van der Waals surface area (Å²) in [5.41, 5.74) is 0.402. The van der Waals surface area contributed by atoms with Crippen molar-refractivity contribution in [3.8, 4) is 0 Å². The van der Waals surface area contributed by atoms with Gasteiger partial charge in [-0.3, -0.25) is 4.40 Å². The fourth-order valence-corrected chi connectivity index (χ4v) is 1.20. The number of carbonyl (C=O) groups is 1. The number of aromatic nitrogens is 3. The van der Waals surface area contributed by atoms with Gasteiger partial charge in [0.2, 0.25) is 5.82 Å². The summed E-state index contributed by atoms with van der Waals surface area (Å²) in [6.07, 6.45) is 1.14. The van der Waals surface area contributed by atoms with Gasteiger partial charge in [0, 0.05) is 6.20 Å². The maximum atomic E-state index is 12.9. The Kier molecular flexibility index (Phi) is 2.32. The molecule has 0 aliphatic rings. The molecule has 0 atom stereocenters. The van der Waals surface area contributed by atoms with Gasteiger partial charge in [-0.1, -0.05) is 0 Å². The molecule has 78 valence electrons. The van der Waals surface area contributed by atoms with Crippen molar-refractivity contribution in [3.05, 3.63) is 30.0 Å². The average molecular weight is 209 g/mol. The lowest BCUT2D eigenvalue weighted by Gasteiger charge is -1.99. The van der Waals surface area contributed by atoms with E-state index in [1.807, 2.05) is 0 Å². The second-order valence-corrected chi connectivity index (χ2v) is 2.82. The largest absolute Gasteiger partial charge is 0.460 e. The van der Waals surface area contributed by atoms with Crippen LogP contribution in [0.1, 0.15) is 17.5 Å². The molecule has 2 rings (SSSR count). The number of ether oxygens (including phenoxy) is 1. The highest BCUT2D eigenvalue weighted by Crippen LogP contribution is 2.06. The van der Waals surface area contributed by atoms with Gasteiger partial charge in [0.15, 0.2) is 5.65 Å². The van der Waals surface area contributed by atoms with Crippen molar-refractivity contribution in [1.29, 1.82) is 0 Å². The Hall–Kier alpha value is -1.98. The lowest BCUT2D eigenvalue weighted by atomic mass is 10.4. The summed E-state index contributed by atoms with van der Waals surface area (Å²) in [6, 6.07) is 2.68. The van der Waals surface area contributed by atoms with E-state index in [9.17, 15) is 9.18 Å². The third-order valence-corrected chi connectivity index (χ3v) is 1.82. The highest BCUT2D eigenvalue weighted by atomic mass is 19.1. The summed E-state index contributed by atoms with van der Waals surface area (Å²) < 4.78 is 18.9. The van der Waals surface area contributed by atoms with Crippen LogP contribution < -0.4 is 0 Å². The first-order valence-electron chi connectivity index (χ1n) is 4.39. The zero-order valence-electron chi connectivity index (χ0n) is 7.98. The molecule has 0 fully saturated rings. The van der Waals surface area contributed by atoms with Crippen molar-refractivity contribution in [2.75, 3.05) is 6.61 Å². The first-order valence-corrected chi connectivity index (χ1v) is 4.39. The van der Waals surface area contributed by atoms with Gasteiger partial charge in [-0.2, -0.15) is 0 Å². The molecule has 0 spiro atoms. The topological polar surface area (TPSA) is 56.5 Å². The number of fused-ring (bicyclic) bond motifs is 1. The predicted molar refractivity (Wildman–Crippen MR) is 48.9 cm³/mol. The summed E-state index contributed by atoms with van der Waals surface area (Å²) in [4.78, 5) is 11.4. The Balaban J connectivity index is 2.52. The lowest BCUT2D eigenvalue weighted by Crippen LogP contribution is -2.09. The van der Waals surface area contributed by atoms with Crippen LogP contribution in [0.2, 0.25) is 0 Å². The SMILES string of the molecule is CCOC(=O)c1nnc2ccc(F)cn12. The number of hydrogen-bond acceptors (Lipinski definition) is 4. The van der Waals surface area contributed by atoms with Gasteiger partial charge in [-0.15, -0.1) is 10.2 Å². The van der Waals surface area contributed by atoms with E-state index in [0.29, 0.717) is 5.65 Å². The molecule has 2 aromatic heterocycles. The lowest BCUT2D eigenvalue weighted by molar-refractivity contribution is 0.0510. The van der Waals surface area contributed by atoms with Gasteiger partial charge in [0.1, 0.15) is 5.82 Å². The average Bonchev–Trinajstić information content (AvgIpc) is 2.60. The summed E-state index contributed by atoms with van der Waals surface area (Å²) >= 11 is 0. The summed E-state index contributed by atoms with van der Waals surface area (Å²) in [5.74, 6) is -1.10. The Morgan fingerprint density at radius 3 is 3.07 bits per heavy atom. The monoisotopic (exact) mass is 209 g/mol. The highest BCUT2D eigenvalue weighted by molar-refractivity contribution is 5.86. The molecule has 0 saturated heterocycles. The van der Waals surface area contributed by atoms with Crippen LogP contribution in [0, 0.1) is 5.82 Å². The number of hydrogen-bond donors (Lipinski definition) is 0. The standard InChI is InChI=1S/C9H8FN3O2/c1-2-15-9(14)8-12-11-7-4-3-6(10)5-13(7)8/h3-5H,2H2,1H3. The zero-order valence-corrected chi connectivity index (χ0v) is 7.98. The minimum absolute atomic E-state index is 0.0219. The Morgan fingerprint density at radius 2 is 2.33 bits per heavy atom. The maximum absolute atomic E-state index is 12.9. The first kappa shape index (κ1) is 9.57. The molecule has 0 aliphatic heterocycles. The molecule has 0 aromatic carbocycles. The number of halogens is 1. The second kappa shape index (κ2) is 3.64. The molecular formula is C9H8FN3O2. The molecule has 6 heteroatoms. The van der Waals surface area contributed by atoms with Crippen LogP contribution in [0.15, 0.2) is 18.3 Å². The van der Waals surface area contributed by atoms with Crippen molar-refractivity contribution < 1.29 is 13.9 Å². The first-order chi connectivity index (χ1) is 7.22. The van der Waals surface area contributed by atoms with E-state index in [1.165, 1.54) is 16.5 Å². The molecule has 0 saturated carbocycles. The van der Waals surface area contributed by atoms with Crippen LogP contribution in [-0.2, 0) is 4.74 Å². The van der Waals surface area contributed by atoms with Crippen molar-refractivity contribution in [3.63, 3.8) is 0 Å². The van der Waals surface area contributed by atoms with Crippen LogP contribution in [0.5, 0.6) is 0 Å². The van der Waals surface area contributed by atoms with Crippen molar-refractivity contribution in [2.45, 2.75) is 6.92 Å². The second-order valence-electron chi connectivity index (χ2n) is 2.82. The molecule has 0 N–H and O–H groups in total. The van der Waals surface area contributed by atoms with E-state index in [0.717, 1.165) is 6.20 Å². The Labute approximate surface area is 84.5 Å². The number of rotatable bonds is 2. The molecule has 2 aromatic rings. The van der Waals surface area contributed by atoms with E-state index in [-0.39, 0.29) is 12.4 Å². The molecule has 0 amide bonds. The van der Waals surface area contributed by atoms with E-state index >= 15 is 0 Å². The highest BCUT2D eigenvalue weighted by Gasteiger charge is 2.15. The van der Waals surface area contributed by atoms with Gasteiger partial charge >= 0.3 is 5.97 Å². The summed E-state index contributed by atoms with van der Waals surface area (Å²) in [7, 11) is 0. The third kappa shape index (κ3) is 1.65. The molecule has 5 nitrogen and oxygen atoms in total. The predicted octanol–water partition coefficient (Wildman–Crippen LogP) is 1.05. The van der Waals surface area contributed by atoms with Crippen LogP contribution in [-0.4, -0.2) is 27.2 Å². The Bertz CT molecular complexity index is 509. The number of esters is 1. The minimum atomic E-state index is -0.615. The van der Waals surface area contributed by atoms with Gasteiger partial charge in [0.05, 0.1) is 6.61 Å². The minimum Gasteiger partial charge on any atom is -0.460 e. The van der Waals surface area contributed by atoms with Gasteiger partial charge in [-0.05, 0) is 19.1 Å². The van der Waals surface area contributed by atoms with Gasteiger partial charge < -0.3 is 4.74 Å². The quantitative estimate of drug-likeness (QED) is 0.693. The van der Waals surface area contributed by atoms with Gasteiger partial charge in [-0.25, -0.2) is 9.18 Å². The molecular weight excluding hydrogens is 201 g/mol. The number of nitrogens with zero attached hydrogens (tertiary/aromatic N) is 3. The Morgan fingerprint density at radius 1 is 1.53 bits per heavy atom. The molecule has 15 heavy (non-hydrogen) atoms. The maximum Gasteiger partial charge on any atom is 0.376 e. The zero-order chi connectivity index (χ0) is 10.8. The van der Waals surface area contributed by atoms with Crippen molar-refractivity contribution in [1.82, 2.24) is 14.6 Å². The van der Waals surface area contributed by atoms with E-state index in [4.69, 9.17) is 4.74 Å². The fraction of sp³-hybridized carbons (Fsp3) is 0.222. The molecule has 0 bridgehead atoms. The number of carbonyl (C=O) groups excluding carboxylic acids is 1.